The second-order valence-electron chi connectivity index (χ2n) is 7.37. The van der Waals surface area contributed by atoms with Crippen molar-refractivity contribution in [2.45, 2.75) is 40.4 Å². The molecule has 3 aromatic rings. The molecule has 0 unspecified atom stereocenters. The van der Waals surface area contributed by atoms with Gasteiger partial charge in [-0.25, -0.2) is 0 Å². The number of hydrogen-bond donors (Lipinski definition) is 1. The van der Waals surface area contributed by atoms with E-state index in [1.807, 2.05) is 56.3 Å². The summed E-state index contributed by atoms with van der Waals surface area (Å²) in [5.41, 5.74) is 7.36. The third-order valence-corrected chi connectivity index (χ3v) is 5.55. The molecule has 0 aliphatic carbocycles. The van der Waals surface area contributed by atoms with Crippen LogP contribution in [0.4, 0.5) is 0 Å². The highest BCUT2D eigenvalue weighted by atomic mass is 16.4. The van der Waals surface area contributed by atoms with Crippen molar-refractivity contribution in [2.24, 2.45) is 0 Å². The molecule has 4 nitrogen and oxygen atoms in total. The zero-order valence-corrected chi connectivity index (χ0v) is 17.3. The van der Waals surface area contributed by atoms with Crippen LogP contribution in [0, 0.1) is 20.8 Å². The fourth-order valence-electron chi connectivity index (χ4n) is 3.75. The second-order valence-corrected chi connectivity index (χ2v) is 7.37. The Kier molecular flexibility index (Phi) is 6.35. The fourth-order valence-corrected chi connectivity index (χ4v) is 3.75. The van der Waals surface area contributed by atoms with Crippen LogP contribution < -0.4 is 10.4 Å². The standard InChI is InChI=1S/C25H28N2O2/c1-5-20-10-12-21(13-11-20)16-27-18(3)23(24(19(27)4)25(28)29)15-26-14-22-9-7-6-8-17(22)2/h5-13,26H,1,14-16H2,2-4H3,(H,28,29)/p-1. The average molecular weight is 388 g/mol. The fraction of sp³-hybridized carbons (Fsp3) is 0.240. The number of carbonyl (C=O) groups is 1. The SMILES string of the molecule is C=Cc1ccc(Cn2c(C)c(CNCc3ccccc3C)c(C(=O)[O-])c2C)cc1. The highest BCUT2D eigenvalue weighted by Gasteiger charge is 2.18. The molecule has 0 spiro atoms. The van der Waals surface area contributed by atoms with Crippen LogP contribution >= 0.6 is 0 Å². The Balaban J connectivity index is 1.84. The van der Waals surface area contributed by atoms with Gasteiger partial charge in [-0.1, -0.05) is 61.2 Å². The molecule has 0 aliphatic rings. The maximum atomic E-state index is 11.9. The zero-order chi connectivity index (χ0) is 21.0. The van der Waals surface area contributed by atoms with E-state index in [-0.39, 0.29) is 0 Å². The zero-order valence-electron chi connectivity index (χ0n) is 17.3. The number of aryl methyl sites for hydroxylation is 1. The minimum Gasteiger partial charge on any atom is -0.545 e. The van der Waals surface area contributed by atoms with Crippen LogP contribution in [0.3, 0.4) is 0 Å². The lowest BCUT2D eigenvalue weighted by molar-refractivity contribution is -0.255. The number of carbonyl (C=O) groups excluding carboxylic acids is 1. The van der Waals surface area contributed by atoms with Crippen molar-refractivity contribution in [1.82, 2.24) is 9.88 Å². The van der Waals surface area contributed by atoms with Crippen molar-refractivity contribution in [3.63, 3.8) is 0 Å². The molecule has 0 amide bonds. The first-order valence-corrected chi connectivity index (χ1v) is 9.79. The molecule has 1 N–H and O–H groups in total. The van der Waals surface area contributed by atoms with Gasteiger partial charge in [0.25, 0.3) is 0 Å². The molecule has 4 heteroatoms. The number of carboxylic acid groups (broad SMARTS) is 1. The molecular formula is C25H27N2O2-. The monoisotopic (exact) mass is 387 g/mol. The van der Waals surface area contributed by atoms with Crippen molar-refractivity contribution in [3.05, 3.63) is 99.9 Å². The average Bonchev–Trinajstić information content (AvgIpc) is 2.94. The van der Waals surface area contributed by atoms with Crippen LogP contribution in [0.2, 0.25) is 0 Å². The summed E-state index contributed by atoms with van der Waals surface area (Å²) < 4.78 is 2.05. The number of aromatic carboxylic acids is 1. The Morgan fingerprint density at radius 2 is 1.72 bits per heavy atom. The van der Waals surface area contributed by atoms with Gasteiger partial charge < -0.3 is 19.8 Å². The van der Waals surface area contributed by atoms with Gasteiger partial charge in [-0.3, -0.25) is 0 Å². The minimum atomic E-state index is -1.13. The molecule has 1 aromatic heterocycles. The van der Waals surface area contributed by atoms with Gasteiger partial charge in [0.1, 0.15) is 0 Å². The second kappa shape index (κ2) is 8.93. The van der Waals surface area contributed by atoms with E-state index in [4.69, 9.17) is 0 Å². The van der Waals surface area contributed by atoms with Crippen LogP contribution in [0.5, 0.6) is 0 Å². The van der Waals surface area contributed by atoms with E-state index in [2.05, 4.69) is 35.5 Å². The molecule has 0 bridgehead atoms. The topological polar surface area (TPSA) is 57.1 Å². The molecule has 0 atom stereocenters. The Hall–Kier alpha value is -3.11. The third-order valence-electron chi connectivity index (χ3n) is 5.55. The molecule has 0 fully saturated rings. The smallest absolute Gasteiger partial charge is 0.0736 e. The first-order valence-electron chi connectivity index (χ1n) is 9.79. The molecule has 0 saturated heterocycles. The van der Waals surface area contributed by atoms with Gasteiger partial charge in [-0.05, 0) is 48.6 Å². The summed E-state index contributed by atoms with van der Waals surface area (Å²) >= 11 is 0. The van der Waals surface area contributed by atoms with Gasteiger partial charge in [0.05, 0.1) is 5.97 Å². The number of aromatic nitrogens is 1. The van der Waals surface area contributed by atoms with Gasteiger partial charge in [-0.2, -0.15) is 0 Å². The van der Waals surface area contributed by atoms with Crippen LogP contribution in [0.25, 0.3) is 6.08 Å². The number of carboxylic acids is 1. The summed E-state index contributed by atoms with van der Waals surface area (Å²) in [6.07, 6.45) is 1.81. The number of rotatable bonds is 8. The lowest BCUT2D eigenvalue weighted by atomic mass is 10.1. The Labute approximate surface area is 172 Å². The molecule has 0 aliphatic heterocycles. The molecule has 2 aromatic carbocycles. The summed E-state index contributed by atoms with van der Waals surface area (Å²) in [6, 6.07) is 16.3. The van der Waals surface area contributed by atoms with E-state index in [1.165, 1.54) is 11.1 Å². The lowest BCUT2D eigenvalue weighted by Crippen LogP contribution is -2.25. The number of hydrogen-bond acceptors (Lipinski definition) is 3. The van der Waals surface area contributed by atoms with E-state index in [0.29, 0.717) is 25.2 Å². The van der Waals surface area contributed by atoms with Crippen molar-refractivity contribution in [2.75, 3.05) is 0 Å². The maximum absolute atomic E-state index is 11.9. The lowest BCUT2D eigenvalue weighted by Gasteiger charge is -2.11. The van der Waals surface area contributed by atoms with Crippen molar-refractivity contribution < 1.29 is 9.90 Å². The third kappa shape index (κ3) is 4.49. The molecule has 1 heterocycles. The van der Waals surface area contributed by atoms with Crippen LogP contribution in [-0.4, -0.2) is 10.5 Å². The van der Waals surface area contributed by atoms with Gasteiger partial charge >= 0.3 is 0 Å². The van der Waals surface area contributed by atoms with E-state index < -0.39 is 5.97 Å². The van der Waals surface area contributed by atoms with Gasteiger partial charge in [-0.15, -0.1) is 0 Å². The predicted octanol–water partition coefficient (Wildman–Crippen LogP) is 3.76. The summed E-state index contributed by atoms with van der Waals surface area (Å²) in [5.74, 6) is -1.13. The summed E-state index contributed by atoms with van der Waals surface area (Å²) in [4.78, 5) is 11.9. The molecular weight excluding hydrogens is 360 g/mol. The highest BCUT2D eigenvalue weighted by molar-refractivity contribution is 5.89. The Morgan fingerprint density at radius 1 is 1.03 bits per heavy atom. The Bertz CT molecular complexity index is 1030. The first-order chi connectivity index (χ1) is 13.9. The first kappa shape index (κ1) is 20.6. The van der Waals surface area contributed by atoms with E-state index in [9.17, 15) is 9.90 Å². The van der Waals surface area contributed by atoms with Gasteiger partial charge in [0.15, 0.2) is 0 Å². The normalized spacial score (nSPS) is 10.9. The van der Waals surface area contributed by atoms with Crippen molar-refractivity contribution in [1.29, 1.82) is 0 Å². The van der Waals surface area contributed by atoms with Gasteiger partial charge in [0, 0.05) is 36.6 Å². The minimum absolute atomic E-state index is 0.294. The van der Waals surface area contributed by atoms with Crippen molar-refractivity contribution in [3.8, 4) is 0 Å². The summed E-state index contributed by atoms with van der Waals surface area (Å²) in [6.45, 7) is 11.5. The number of nitrogens with one attached hydrogen (secondary N) is 1. The van der Waals surface area contributed by atoms with Crippen molar-refractivity contribution >= 4 is 12.0 Å². The number of benzene rings is 2. The highest BCUT2D eigenvalue weighted by Crippen LogP contribution is 2.24. The quantitative estimate of drug-likeness (QED) is 0.640. The number of nitrogens with zero attached hydrogens (tertiary/aromatic N) is 1. The van der Waals surface area contributed by atoms with Gasteiger partial charge in [0.2, 0.25) is 0 Å². The summed E-state index contributed by atoms with van der Waals surface area (Å²) in [7, 11) is 0. The largest absolute Gasteiger partial charge is 0.545 e. The molecule has 150 valence electrons. The molecule has 0 radical (unpaired) electrons. The van der Waals surface area contributed by atoms with Crippen LogP contribution in [0.15, 0.2) is 55.1 Å². The van der Waals surface area contributed by atoms with Crippen LogP contribution in [-0.2, 0) is 19.6 Å². The summed E-state index contributed by atoms with van der Waals surface area (Å²) in [5, 5.41) is 15.3. The van der Waals surface area contributed by atoms with E-state index in [1.54, 1.807) is 0 Å². The molecule has 29 heavy (non-hydrogen) atoms. The van der Waals surface area contributed by atoms with E-state index >= 15 is 0 Å². The van der Waals surface area contributed by atoms with E-state index in [0.717, 1.165) is 28.1 Å². The molecule has 3 rings (SSSR count). The Morgan fingerprint density at radius 3 is 2.34 bits per heavy atom. The molecule has 0 saturated carbocycles. The maximum Gasteiger partial charge on any atom is 0.0736 e. The predicted molar refractivity (Wildman–Crippen MR) is 116 cm³/mol. The van der Waals surface area contributed by atoms with Crippen LogP contribution in [0.1, 0.15) is 49.6 Å².